The summed E-state index contributed by atoms with van der Waals surface area (Å²) in [5.41, 5.74) is -11.7. The Hall–Kier alpha value is -6.60. The summed E-state index contributed by atoms with van der Waals surface area (Å²) >= 11 is 3.70. The van der Waals surface area contributed by atoms with Gasteiger partial charge in [-0.1, -0.05) is 58.5 Å². The molecule has 1 heterocycles. The number of methoxy groups -OCH3 is 1. The Morgan fingerprint density at radius 3 is 0.892 bits per heavy atom. The van der Waals surface area contributed by atoms with Gasteiger partial charge < -0.3 is 4.74 Å². The van der Waals surface area contributed by atoms with Crippen LogP contribution in [0.5, 0.6) is 5.75 Å². The van der Waals surface area contributed by atoms with E-state index in [1.54, 1.807) is 7.11 Å². The van der Waals surface area contributed by atoms with Gasteiger partial charge >= 0.3 is 0 Å². The molecule has 0 aliphatic carbocycles. The maximum absolute atomic E-state index is 15.4. The van der Waals surface area contributed by atoms with Crippen molar-refractivity contribution in [2.45, 2.75) is 37.0 Å². The number of halogens is 20. The third-order valence-corrected chi connectivity index (χ3v) is 16.1. The summed E-state index contributed by atoms with van der Waals surface area (Å²) in [4.78, 5) is 3.95. The highest BCUT2D eigenvalue weighted by Crippen LogP contribution is 2.41. The van der Waals surface area contributed by atoms with Crippen molar-refractivity contribution in [3.05, 3.63) is 212 Å². The first-order valence-electron chi connectivity index (χ1n) is 20.4. The predicted octanol–water partition coefficient (Wildman–Crippen LogP) is 13.5. The minimum Gasteiger partial charge on any atom is -0.497 e. The molecule has 0 N–H and O–H groups in total. The molecule has 8 rings (SSSR count). The van der Waals surface area contributed by atoms with Crippen LogP contribution >= 0.6 is 23.1 Å². The van der Waals surface area contributed by atoms with Gasteiger partial charge in [0.15, 0.2) is 79.6 Å². The summed E-state index contributed by atoms with van der Waals surface area (Å²) in [7, 11) is 1.61. The van der Waals surface area contributed by atoms with E-state index in [2.05, 4.69) is 86.6 Å². The van der Waals surface area contributed by atoms with Crippen molar-refractivity contribution in [2.24, 2.45) is 0 Å². The molecule has 25 heteroatoms. The van der Waals surface area contributed by atoms with E-state index in [-0.39, 0.29) is 10.9 Å². The molecule has 0 atom stereocenters. The standard InChI is InChI=1S/C25H23OS3.C24BF20/c1-18-4-12-22(13-5-18)29(23-14-6-19(2)7-15-23)25-17-16-24(28-25)27-21-10-8-20(26-3)9-11-21;26-5-1(6(27)14(35)21(42)13(5)34)25(2-7(28)15(36)22(43)16(37)8(2)29,3-9(30)17(38)23(44)18(39)10(3)31)4-11(32)19(40)24(45)20(41)12(4)33/h4-17H,1-3H3;/q+1;-1. The molecule has 7 aromatic carbocycles. The molecule has 8 aromatic rings. The normalized spacial score (nSPS) is 11.6. The van der Waals surface area contributed by atoms with Gasteiger partial charge in [0.1, 0.15) is 69.3 Å². The predicted molar refractivity (Wildman–Crippen MR) is 235 cm³/mol. The quantitative estimate of drug-likeness (QED) is 0.0444. The number of hydrogen-bond donors (Lipinski definition) is 0. The zero-order valence-corrected chi connectivity index (χ0v) is 39.3. The van der Waals surface area contributed by atoms with Gasteiger partial charge in [-0.3, -0.25) is 0 Å². The summed E-state index contributed by atoms with van der Waals surface area (Å²) < 4.78 is 302. The molecule has 0 amide bonds. The highest BCUT2D eigenvalue weighted by atomic mass is 32.2. The first-order valence-corrected chi connectivity index (χ1v) is 23.2. The minimum absolute atomic E-state index is 0.0882. The fourth-order valence-electron chi connectivity index (χ4n) is 7.82. The smallest absolute Gasteiger partial charge is 0.221 e. The highest BCUT2D eigenvalue weighted by Gasteiger charge is 2.52. The monoisotopic (exact) mass is 1110 g/mol. The van der Waals surface area contributed by atoms with Crippen molar-refractivity contribution in [1.82, 2.24) is 0 Å². The van der Waals surface area contributed by atoms with E-state index in [1.165, 1.54) is 34.2 Å². The molecular weight excluding hydrogens is 1090 g/mol. The third kappa shape index (κ3) is 9.34. The van der Waals surface area contributed by atoms with Gasteiger partial charge in [0.2, 0.25) is 4.21 Å². The first-order chi connectivity index (χ1) is 34.8. The van der Waals surface area contributed by atoms with Crippen molar-refractivity contribution < 1.29 is 92.5 Å². The lowest BCUT2D eigenvalue weighted by Gasteiger charge is -2.44. The summed E-state index contributed by atoms with van der Waals surface area (Å²) in [6, 6.07) is 30.7. The number of thiophene rings is 1. The van der Waals surface area contributed by atoms with Gasteiger partial charge in [0, 0.05) is 11.0 Å². The number of hydrogen-bond acceptors (Lipinski definition) is 3. The molecule has 0 spiro atoms. The van der Waals surface area contributed by atoms with Crippen LogP contribution in [0.3, 0.4) is 0 Å². The van der Waals surface area contributed by atoms with Crippen LogP contribution in [-0.4, -0.2) is 13.3 Å². The molecular formula is C49H23BF20OS3. The van der Waals surface area contributed by atoms with E-state index < -0.39 is 144 Å². The molecule has 0 bridgehead atoms. The van der Waals surface area contributed by atoms with Crippen molar-refractivity contribution in [3.63, 3.8) is 0 Å². The molecule has 0 radical (unpaired) electrons. The Labute approximate surface area is 415 Å². The molecule has 1 aromatic heterocycles. The average molecular weight is 1110 g/mol. The first kappa shape index (κ1) is 55.2. The molecule has 0 saturated carbocycles. The molecule has 1 nitrogen and oxygen atoms in total. The SMILES string of the molecule is COc1ccc(Sc2ccc([S+](c3ccc(C)cc3)c3ccc(C)cc3)s2)cc1.Fc1c(F)c(F)c([B-](c2c(F)c(F)c(F)c(F)c2F)(c2c(F)c(F)c(F)c(F)c2F)c2c(F)c(F)c(F)c(F)c2F)c(F)c1F. The number of ether oxygens (including phenoxy) is 1. The fourth-order valence-corrected chi connectivity index (χ4v) is 12.8. The Balaban J connectivity index is 0.000000237. The Morgan fingerprint density at radius 1 is 0.351 bits per heavy atom. The van der Waals surface area contributed by atoms with E-state index in [1.807, 2.05) is 35.2 Å². The van der Waals surface area contributed by atoms with E-state index in [0.29, 0.717) is 0 Å². The molecule has 74 heavy (non-hydrogen) atoms. The number of benzene rings is 7. The lowest BCUT2D eigenvalue weighted by molar-refractivity contribution is 0.378. The minimum atomic E-state index is -7.22. The van der Waals surface area contributed by atoms with Gasteiger partial charge in [0.05, 0.1) is 11.3 Å². The average Bonchev–Trinajstić information content (AvgIpc) is 3.85. The van der Waals surface area contributed by atoms with E-state index in [0.717, 1.165) is 5.75 Å². The topological polar surface area (TPSA) is 9.23 Å². The molecule has 386 valence electrons. The molecule has 0 aliphatic heterocycles. The van der Waals surface area contributed by atoms with Gasteiger partial charge in [-0.15, -0.1) is 21.9 Å². The van der Waals surface area contributed by atoms with Crippen molar-refractivity contribution in [2.75, 3.05) is 7.11 Å². The van der Waals surface area contributed by atoms with Crippen LogP contribution in [0.25, 0.3) is 0 Å². The second-order valence-corrected chi connectivity index (χ2v) is 20.3. The highest BCUT2D eigenvalue weighted by molar-refractivity contribution is 8.02. The van der Waals surface area contributed by atoms with Crippen LogP contribution in [0.2, 0.25) is 0 Å². The van der Waals surface area contributed by atoms with Crippen LogP contribution < -0.4 is 26.6 Å². The summed E-state index contributed by atoms with van der Waals surface area (Å²) in [5.74, 6) is -70.5. The zero-order valence-electron chi connectivity index (χ0n) is 36.9. The summed E-state index contributed by atoms with van der Waals surface area (Å²) in [5, 5.41) is 0. The third-order valence-electron chi connectivity index (χ3n) is 11.3. The number of rotatable bonds is 10. The van der Waals surface area contributed by atoms with E-state index in [9.17, 15) is 52.7 Å². The van der Waals surface area contributed by atoms with Crippen LogP contribution in [0, 0.1) is 130 Å². The van der Waals surface area contributed by atoms with Gasteiger partial charge in [-0.25, -0.2) is 87.8 Å². The van der Waals surface area contributed by atoms with Crippen LogP contribution in [0.1, 0.15) is 11.1 Å². The van der Waals surface area contributed by atoms with Crippen LogP contribution in [0.4, 0.5) is 87.8 Å². The van der Waals surface area contributed by atoms with Gasteiger partial charge in [0.25, 0.3) is 0 Å². The molecule has 0 aliphatic rings. The van der Waals surface area contributed by atoms with Gasteiger partial charge in [-0.05, 0) is 68.4 Å². The fraction of sp³-hybridized carbons (Fsp3) is 0.0612. The molecule has 0 unspecified atom stereocenters. The van der Waals surface area contributed by atoms with Crippen LogP contribution in [-0.2, 0) is 10.9 Å². The maximum Gasteiger partial charge on any atom is 0.221 e. The Bertz CT molecular complexity index is 3050. The largest absolute Gasteiger partial charge is 0.497 e. The second kappa shape index (κ2) is 21.3. The molecule has 0 saturated heterocycles. The van der Waals surface area contributed by atoms with Gasteiger partial charge in [-0.2, -0.15) is 0 Å². The van der Waals surface area contributed by atoms with Crippen molar-refractivity contribution in [3.8, 4) is 5.75 Å². The second-order valence-electron chi connectivity index (χ2n) is 15.6. The Morgan fingerprint density at radius 2 is 0.622 bits per heavy atom. The van der Waals surface area contributed by atoms with E-state index in [4.69, 9.17) is 4.74 Å². The van der Waals surface area contributed by atoms with E-state index >= 15 is 35.1 Å². The lowest BCUT2D eigenvalue weighted by atomic mass is 9.12. The summed E-state index contributed by atoms with van der Waals surface area (Å²) in [6.07, 6.45) is -7.22. The molecule has 0 fully saturated rings. The Kier molecular flexibility index (Phi) is 15.9. The summed E-state index contributed by atoms with van der Waals surface area (Å²) in [6.45, 7) is 4.28. The maximum atomic E-state index is 15.4. The zero-order chi connectivity index (χ0) is 54.6. The number of aryl methyl sites for hydroxylation is 2. The lowest BCUT2D eigenvalue weighted by Crippen LogP contribution is -2.81. The van der Waals surface area contributed by atoms with Crippen LogP contribution in [0.15, 0.2) is 108 Å². The van der Waals surface area contributed by atoms with Crippen molar-refractivity contribution in [1.29, 1.82) is 0 Å². The van der Waals surface area contributed by atoms with Crippen molar-refractivity contribution >= 4 is 62.0 Å².